The summed E-state index contributed by atoms with van der Waals surface area (Å²) in [5, 5.41) is 72.0. The Kier molecular flexibility index (Phi) is 7.53. The summed E-state index contributed by atoms with van der Waals surface area (Å²) in [7, 11) is 1.59. The van der Waals surface area contributed by atoms with E-state index in [2.05, 4.69) is 0 Å². The lowest BCUT2D eigenvalue weighted by Gasteiger charge is -2.05. The Hall–Kier alpha value is -3.86. The summed E-state index contributed by atoms with van der Waals surface area (Å²) in [5.74, 6) is -1.34. The van der Waals surface area contributed by atoms with Crippen molar-refractivity contribution in [3.63, 3.8) is 0 Å². The van der Waals surface area contributed by atoms with Crippen LogP contribution in [0.3, 0.4) is 0 Å². The lowest BCUT2D eigenvalue weighted by Crippen LogP contribution is -1.96. The molecule has 0 aliphatic heterocycles. The van der Waals surface area contributed by atoms with Gasteiger partial charge < -0.3 is 20.4 Å². The van der Waals surface area contributed by atoms with Crippen LogP contribution in [-0.4, -0.2) is 30.5 Å². The van der Waals surface area contributed by atoms with E-state index in [0.29, 0.717) is 11.1 Å². The predicted octanol–water partition coefficient (Wildman–Crippen LogP) is 4.36. The van der Waals surface area contributed by atoms with Crippen LogP contribution in [0.4, 0.5) is 0 Å². The minimum absolute atomic E-state index is 0.0312. The number of phenols is 4. The normalized spacial score (nSPS) is 11.4. The lowest BCUT2D eigenvalue weighted by atomic mass is 10.1. The Bertz CT molecular complexity index is 1070. The fourth-order valence-electron chi connectivity index (χ4n) is 2.06. The zero-order valence-corrected chi connectivity index (χ0v) is 16.8. The van der Waals surface area contributed by atoms with Gasteiger partial charge in [0.1, 0.15) is 22.2 Å². The van der Waals surface area contributed by atoms with Gasteiger partial charge in [-0.05, 0) is 69.1 Å². The molecule has 2 rings (SSSR count). The fraction of sp³-hybridized carbons (Fsp3) is 0. The Morgan fingerprint density at radius 1 is 0.700 bits per heavy atom. The summed E-state index contributed by atoms with van der Waals surface area (Å²) in [6, 6.07) is 11.6. The number of hydrogen-bond donors (Lipinski definition) is 6. The molecule has 0 fully saturated rings. The van der Waals surface area contributed by atoms with E-state index in [-0.39, 0.29) is 44.2 Å². The number of nitriles is 2. The highest BCUT2D eigenvalue weighted by Gasteiger charge is 2.12. The van der Waals surface area contributed by atoms with Crippen LogP contribution in [-0.2, 0) is 0 Å². The zero-order valence-electron chi connectivity index (χ0n) is 15.1. The molecule has 0 unspecified atom stereocenters. The van der Waals surface area contributed by atoms with Crippen LogP contribution in [0.25, 0.3) is 12.2 Å². The van der Waals surface area contributed by atoms with Gasteiger partial charge in [0.15, 0.2) is 23.0 Å². The van der Waals surface area contributed by atoms with Crippen LogP contribution in [0.1, 0.15) is 11.1 Å². The number of rotatable bonds is 4. The highest BCUT2D eigenvalue weighted by molar-refractivity contribution is 8.87. The molecule has 0 aliphatic carbocycles. The van der Waals surface area contributed by atoms with Crippen LogP contribution in [0, 0.1) is 33.5 Å². The molecule has 0 aliphatic rings. The number of phenolic OH excluding ortho intramolecular Hbond substituents is 4. The molecule has 0 atom stereocenters. The van der Waals surface area contributed by atoms with Crippen LogP contribution < -0.4 is 0 Å². The van der Waals surface area contributed by atoms with Gasteiger partial charge in [-0.25, -0.2) is 0 Å². The van der Waals surface area contributed by atoms with Crippen molar-refractivity contribution in [2.45, 2.75) is 0 Å². The maximum absolute atomic E-state index is 9.52. The number of benzene rings is 2. The molecule has 0 aromatic heterocycles. The third-order valence-corrected chi connectivity index (χ3v) is 5.67. The smallest absolute Gasteiger partial charge is 0.157 e. The SMILES string of the molecule is N#C/C(=C\c1ccc(O)c(O)c1)C(=N)SSC(=N)/C(C#N)=C/c1ccc(O)c(O)c1. The Balaban J connectivity index is 2.11. The van der Waals surface area contributed by atoms with Gasteiger partial charge in [-0.1, -0.05) is 12.1 Å². The second-order valence-corrected chi connectivity index (χ2v) is 7.81. The monoisotopic (exact) mass is 438 g/mol. The first-order valence-electron chi connectivity index (χ1n) is 8.05. The first kappa shape index (κ1) is 22.4. The maximum atomic E-state index is 9.52. The lowest BCUT2D eigenvalue weighted by molar-refractivity contribution is 0.403. The molecule has 2 aromatic rings. The van der Waals surface area contributed by atoms with E-state index < -0.39 is 0 Å². The van der Waals surface area contributed by atoms with E-state index in [9.17, 15) is 30.9 Å². The largest absolute Gasteiger partial charge is 0.504 e. The summed E-state index contributed by atoms with van der Waals surface area (Å²) < 4.78 is 0. The molecule has 0 radical (unpaired) electrons. The molecule has 0 amide bonds. The maximum Gasteiger partial charge on any atom is 0.157 e. The first-order chi connectivity index (χ1) is 14.2. The molecule has 8 nitrogen and oxygen atoms in total. The topological polar surface area (TPSA) is 176 Å². The molecule has 6 N–H and O–H groups in total. The van der Waals surface area contributed by atoms with Crippen molar-refractivity contribution in [2.75, 3.05) is 0 Å². The molecule has 0 heterocycles. The quantitative estimate of drug-likeness (QED) is 0.134. The summed E-state index contributed by atoms with van der Waals surface area (Å²) in [6.45, 7) is 0. The van der Waals surface area contributed by atoms with E-state index in [1.54, 1.807) is 0 Å². The fourth-order valence-corrected chi connectivity index (χ4v) is 3.66. The van der Waals surface area contributed by atoms with Crippen molar-refractivity contribution in [3.05, 3.63) is 58.7 Å². The minimum Gasteiger partial charge on any atom is -0.504 e. The molecule has 10 heteroatoms. The zero-order chi connectivity index (χ0) is 22.3. The van der Waals surface area contributed by atoms with Crippen molar-refractivity contribution in [2.24, 2.45) is 0 Å². The number of nitrogens with one attached hydrogen (secondary N) is 2. The predicted molar refractivity (Wildman–Crippen MR) is 117 cm³/mol. The van der Waals surface area contributed by atoms with Crippen molar-refractivity contribution >= 4 is 43.8 Å². The molecule has 0 spiro atoms. The van der Waals surface area contributed by atoms with Crippen LogP contribution >= 0.6 is 21.6 Å². The third-order valence-electron chi connectivity index (χ3n) is 3.56. The molecular weight excluding hydrogens is 424 g/mol. The van der Waals surface area contributed by atoms with Crippen molar-refractivity contribution in [3.8, 4) is 35.1 Å². The van der Waals surface area contributed by atoms with Gasteiger partial charge in [0, 0.05) is 0 Å². The van der Waals surface area contributed by atoms with E-state index in [4.69, 9.17) is 10.8 Å². The van der Waals surface area contributed by atoms with Crippen LogP contribution in [0.15, 0.2) is 47.5 Å². The first-order valence-corrected chi connectivity index (χ1v) is 10.2. The van der Waals surface area contributed by atoms with Crippen molar-refractivity contribution in [1.82, 2.24) is 0 Å². The van der Waals surface area contributed by atoms with Gasteiger partial charge in [0.05, 0.1) is 11.1 Å². The molecule has 0 bridgehead atoms. The minimum atomic E-state index is -0.361. The Morgan fingerprint density at radius 3 is 1.37 bits per heavy atom. The second kappa shape index (κ2) is 10.1. The van der Waals surface area contributed by atoms with E-state index >= 15 is 0 Å². The summed E-state index contributed by atoms with van der Waals surface area (Å²) in [4.78, 5) is 0. The number of aromatic hydroxyl groups is 4. The van der Waals surface area contributed by atoms with Crippen molar-refractivity contribution in [1.29, 1.82) is 21.3 Å². The Labute approximate surface area is 179 Å². The average molecular weight is 438 g/mol. The molecule has 150 valence electrons. The van der Waals surface area contributed by atoms with Gasteiger partial charge in [0.25, 0.3) is 0 Å². The molecule has 0 saturated carbocycles. The van der Waals surface area contributed by atoms with Gasteiger partial charge in [0.2, 0.25) is 0 Å². The highest BCUT2D eigenvalue weighted by Crippen LogP contribution is 2.32. The average Bonchev–Trinajstić information content (AvgIpc) is 2.73. The third kappa shape index (κ3) is 5.82. The molecular formula is C20H14N4O4S2. The standard InChI is InChI=1S/C20H14N4O4S2/c21-9-13(5-11-1-3-15(25)17(27)7-11)19(23)29-30-20(24)14(10-22)6-12-2-4-16(26)18(28)8-12/h1-8,23-28H/b13-5+,14-6+,23-19?,24-20?. The number of hydrogen-bond acceptors (Lipinski definition) is 10. The molecule has 30 heavy (non-hydrogen) atoms. The van der Waals surface area contributed by atoms with Gasteiger partial charge in [-0.3, -0.25) is 10.8 Å². The van der Waals surface area contributed by atoms with Crippen LogP contribution in [0.5, 0.6) is 23.0 Å². The highest BCUT2D eigenvalue weighted by atomic mass is 33.1. The van der Waals surface area contributed by atoms with Crippen LogP contribution in [0.2, 0.25) is 0 Å². The van der Waals surface area contributed by atoms with E-state index in [1.165, 1.54) is 48.6 Å². The molecule has 2 aromatic carbocycles. The molecule has 0 saturated heterocycles. The number of nitrogens with zero attached hydrogens (tertiary/aromatic N) is 2. The van der Waals surface area contributed by atoms with Gasteiger partial charge in [-0.15, -0.1) is 0 Å². The summed E-state index contributed by atoms with van der Waals surface area (Å²) >= 11 is 0. The van der Waals surface area contributed by atoms with Gasteiger partial charge in [-0.2, -0.15) is 10.5 Å². The van der Waals surface area contributed by atoms with E-state index in [0.717, 1.165) is 21.6 Å². The second-order valence-electron chi connectivity index (χ2n) is 5.66. The van der Waals surface area contributed by atoms with E-state index in [1.807, 2.05) is 12.1 Å². The Morgan fingerprint density at radius 2 is 1.07 bits per heavy atom. The summed E-state index contributed by atoms with van der Waals surface area (Å²) in [6.07, 6.45) is 2.69. The van der Waals surface area contributed by atoms with Gasteiger partial charge >= 0.3 is 0 Å². The summed E-state index contributed by atoms with van der Waals surface area (Å²) in [5.41, 5.74) is 0.738. The van der Waals surface area contributed by atoms with Crippen molar-refractivity contribution < 1.29 is 20.4 Å².